The van der Waals surface area contributed by atoms with Crippen LogP contribution in [-0.2, 0) is 9.59 Å². The number of ether oxygens (including phenoxy) is 1. The van der Waals surface area contributed by atoms with Gasteiger partial charge in [-0.1, -0.05) is 17.7 Å². The van der Waals surface area contributed by atoms with E-state index in [1.807, 2.05) is 0 Å². The molecular weight excluding hydrogens is 456 g/mol. The van der Waals surface area contributed by atoms with E-state index >= 15 is 0 Å². The van der Waals surface area contributed by atoms with Crippen LogP contribution in [0.1, 0.15) is 5.56 Å². The van der Waals surface area contributed by atoms with Crippen molar-refractivity contribution in [1.29, 1.82) is 0 Å². The van der Waals surface area contributed by atoms with E-state index in [4.69, 9.17) is 28.6 Å². The van der Waals surface area contributed by atoms with Crippen LogP contribution >= 0.6 is 39.7 Å². The SMILES string of the molecule is COc1cc(C=C2C(=O)NC(=S)N(c3cccc(Cl)c3)C2=O)cc(Br)c1O. The number of methoxy groups -OCH3 is 1. The molecule has 0 atom stereocenters. The van der Waals surface area contributed by atoms with E-state index in [0.717, 1.165) is 0 Å². The highest BCUT2D eigenvalue weighted by atomic mass is 79.9. The lowest BCUT2D eigenvalue weighted by molar-refractivity contribution is -0.122. The minimum Gasteiger partial charge on any atom is -0.503 e. The molecule has 3 rings (SSSR count). The Balaban J connectivity index is 2.06. The van der Waals surface area contributed by atoms with Gasteiger partial charge in [-0.25, -0.2) is 0 Å². The van der Waals surface area contributed by atoms with Crippen LogP contribution in [0, 0.1) is 0 Å². The number of hydrogen-bond acceptors (Lipinski definition) is 5. The molecule has 9 heteroatoms. The third kappa shape index (κ3) is 3.83. The van der Waals surface area contributed by atoms with Crippen LogP contribution in [0.5, 0.6) is 11.5 Å². The maximum absolute atomic E-state index is 12.9. The number of anilines is 1. The Morgan fingerprint density at radius 2 is 2.04 bits per heavy atom. The van der Waals surface area contributed by atoms with Gasteiger partial charge in [-0.15, -0.1) is 0 Å². The van der Waals surface area contributed by atoms with Gasteiger partial charge in [0.05, 0.1) is 17.3 Å². The van der Waals surface area contributed by atoms with Crippen molar-refractivity contribution in [2.75, 3.05) is 12.0 Å². The van der Waals surface area contributed by atoms with Crippen molar-refractivity contribution in [2.45, 2.75) is 0 Å². The number of nitrogens with zero attached hydrogens (tertiary/aromatic N) is 1. The monoisotopic (exact) mass is 466 g/mol. The number of aromatic hydroxyl groups is 1. The highest BCUT2D eigenvalue weighted by Crippen LogP contribution is 2.36. The van der Waals surface area contributed by atoms with Gasteiger partial charge in [0.25, 0.3) is 11.8 Å². The molecule has 2 aromatic rings. The minimum atomic E-state index is -0.619. The Hall–Kier alpha value is -2.42. The highest BCUT2D eigenvalue weighted by molar-refractivity contribution is 9.10. The van der Waals surface area contributed by atoms with Gasteiger partial charge in [0.2, 0.25) is 0 Å². The number of benzene rings is 2. The first-order valence-electron chi connectivity index (χ1n) is 7.55. The maximum atomic E-state index is 12.9. The summed E-state index contributed by atoms with van der Waals surface area (Å²) in [5, 5.41) is 12.8. The summed E-state index contributed by atoms with van der Waals surface area (Å²) in [6.07, 6.45) is 1.39. The average molecular weight is 468 g/mol. The first-order chi connectivity index (χ1) is 12.8. The average Bonchev–Trinajstić information content (AvgIpc) is 2.61. The molecule has 1 fully saturated rings. The van der Waals surface area contributed by atoms with E-state index in [9.17, 15) is 14.7 Å². The second-order valence-electron chi connectivity index (χ2n) is 5.49. The number of carbonyl (C=O) groups excluding carboxylic acids is 2. The van der Waals surface area contributed by atoms with Crippen molar-refractivity contribution in [2.24, 2.45) is 0 Å². The summed E-state index contributed by atoms with van der Waals surface area (Å²) in [6, 6.07) is 9.63. The number of rotatable bonds is 3. The predicted octanol–water partition coefficient (Wildman–Crippen LogP) is 3.65. The molecule has 2 amide bonds. The molecule has 2 aromatic carbocycles. The molecule has 0 saturated carbocycles. The van der Waals surface area contributed by atoms with Gasteiger partial charge >= 0.3 is 0 Å². The predicted molar refractivity (Wildman–Crippen MR) is 110 cm³/mol. The first-order valence-corrected chi connectivity index (χ1v) is 9.13. The highest BCUT2D eigenvalue weighted by Gasteiger charge is 2.34. The summed E-state index contributed by atoms with van der Waals surface area (Å²) in [5.74, 6) is -1.09. The van der Waals surface area contributed by atoms with Crippen molar-refractivity contribution in [3.8, 4) is 11.5 Å². The molecule has 0 unspecified atom stereocenters. The fraction of sp³-hybridized carbons (Fsp3) is 0.0556. The topological polar surface area (TPSA) is 78.9 Å². The van der Waals surface area contributed by atoms with Gasteiger partial charge in [-0.2, -0.15) is 0 Å². The number of amides is 2. The molecule has 27 heavy (non-hydrogen) atoms. The summed E-state index contributed by atoms with van der Waals surface area (Å²) in [5.41, 5.74) is 0.796. The van der Waals surface area contributed by atoms with E-state index < -0.39 is 11.8 Å². The van der Waals surface area contributed by atoms with Crippen LogP contribution in [-0.4, -0.2) is 29.1 Å². The molecule has 0 aromatic heterocycles. The Bertz CT molecular complexity index is 1010. The molecule has 138 valence electrons. The zero-order valence-electron chi connectivity index (χ0n) is 13.8. The van der Waals surface area contributed by atoms with Crippen LogP contribution in [0.4, 0.5) is 5.69 Å². The molecule has 6 nitrogen and oxygen atoms in total. The van der Waals surface area contributed by atoms with Gasteiger partial charge < -0.3 is 9.84 Å². The van der Waals surface area contributed by atoms with E-state index in [1.54, 1.807) is 30.3 Å². The van der Waals surface area contributed by atoms with Crippen LogP contribution in [0.2, 0.25) is 5.02 Å². The molecule has 0 bridgehead atoms. The molecule has 0 aliphatic carbocycles. The van der Waals surface area contributed by atoms with E-state index in [1.165, 1.54) is 24.2 Å². The standard InChI is InChI=1S/C18H12BrClN2O4S/c1-26-14-7-9(6-13(19)15(14)23)5-12-16(24)21-18(27)22(17(12)25)11-4-2-3-10(20)8-11/h2-8,23H,1H3,(H,21,24,27). The number of nitrogens with one attached hydrogen (secondary N) is 1. The molecule has 0 radical (unpaired) electrons. The van der Waals surface area contributed by atoms with Crippen LogP contribution in [0.3, 0.4) is 0 Å². The zero-order chi connectivity index (χ0) is 19.7. The number of phenolic OH excluding ortho intramolecular Hbond substituents is 1. The summed E-state index contributed by atoms with van der Waals surface area (Å²) >= 11 is 14.3. The second kappa shape index (κ2) is 7.67. The lowest BCUT2D eigenvalue weighted by atomic mass is 10.1. The van der Waals surface area contributed by atoms with E-state index in [2.05, 4.69) is 21.2 Å². The Labute approximate surface area is 173 Å². The van der Waals surface area contributed by atoms with Gasteiger partial charge in [0, 0.05) is 5.02 Å². The first kappa shape index (κ1) is 19.3. The van der Waals surface area contributed by atoms with Crippen LogP contribution in [0.15, 0.2) is 46.4 Å². The van der Waals surface area contributed by atoms with Gasteiger partial charge in [-0.05, 0) is 70.1 Å². The van der Waals surface area contributed by atoms with Crippen molar-refractivity contribution in [1.82, 2.24) is 5.32 Å². The molecular formula is C18H12BrClN2O4S. The molecule has 1 heterocycles. The maximum Gasteiger partial charge on any atom is 0.270 e. The fourth-order valence-corrected chi connectivity index (χ4v) is 3.43. The van der Waals surface area contributed by atoms with Crippen molar-refractivity contribution in [3.05, 3.63) is 57.0 Å². The van der Waals surface area contributed by atoms with Crippen molar-refractivity contribution in [3.63, 3.8) is 0 Å². The number of carbonyl (C=O) groups is 2. The quantitative estimate of drug-likeness (QED) is 0.409. The van der Waals surface area contributed by atoms with Gasteiger partial charge in [0.1, 0.15) is 5.57 Å². The summed E-state index contributed by atoms with van der Waals surface area (Å²) in [7, 11) is 1.40. The summed E-state index contributed by atoms with van der Waals surface area (Å²) in [6.45, 7) is 0. The Kier molecular flexibility index (Phi) is 5.50. The third-order valence-electron chi connectivity index (χ3n) is 3.75. The van der Waals surface area contributed by atoms with Gasteiger partial charge in [-0.3, -0.25) is 19.8 Å². The zero-order valence-corrected chi connectivity index (χ0v) is 17.0. The third-order valence-corrected chi connectivity index (χ3v) is 4.87. The van der Waals surface area contributed by atoms with Crippen LogP contribution < -0.4 is 15.0 Å². The molecule has 1 aliphatic rings. The fourth-order valence-electron chi connectivity index (χ4n) is 2.51. The number of phenols is 1. The summed E-state index contributed by atoms with van der Waals surface area (Å²) in [4.78, 5) is 26.5. The number of thiocarbonyl (C=S) groups is 1. The van der Waals surface area contributed by atoms with Crippen molar-refractivity contribution < 1.29 is 19.4 Å². The summed E-state index contributed by atoms with van der Waals surface area (Å²) < 4.78 is 5.45. The molecule has 1 aliphatic heterocycles. The lowest BCUT2D eigenvalue weighted by Crippen LogP contribution is -2.54. The Morgan fingerprint density at radius 1 is 1.30 bits per heavy atom. The molecule has 2 N–H and O–H groups in total. The van der Waals surface area contributed by atoms with Crippen LogP contribution in [0.25, 0.3) is 6.08 Å². The molecule has 1 saturated heterocycles. The number of hydrogen-bond donors (Lipinski definition) is 2. The van der Waals surface area contributed by atoms with E-state index in [0.29, 0.717) is 20.7 Å². The van der Waals surface area contributed by atoms with Gasteiger partial charge in [0.15, 0.2) is 16.6 Å². The second-order valence-corrected chi connectivity index (χ2v) is 7.17. The van der Waals surface area contributed by atoms with Crippen molar-refractivity contribution >= 4 is 68.4 Å². The molecule has 0 spiro atoms. The Morgan fingerprint density at radius 3 is 2.70 bits per heavy atom. The smallest absolute Gasteiger partial charge is 0.270 e. The largest absolute Gasteiger partial charge is 0.503 e. The minimum absolute atomic E-state index is 0.0334. The normalized spacial score (nSPS) is 15.9. The van der Waals surface area contributed by atoms with E-state index in [-0.39, 0.29) is 22.2 Å². The number of halogens is 2. The lowest BCUT2D eigenvalue weighted by Gasteiger charge is -2.29.